The summed E-state index contributed by atoms with van der Waals surface area (Å²) in [6, 6.07) is 9.99. The Morgan fingerprint density at radius 3 is 2.83 bits per heavy atom. The number of fused-ring (bicyclic) bond motifs is 1. The molecule has 126 valence electrons. The van der Waals surface area contributed by atoms with Gasteiger partial charge in [-0.2, -0.15) is 10.2 Å². The largest absolute Gasteiger partial charge is 0.351 e. The second-order valence-corrected chi connectivity index (χ2v) is 6.27. The van der Waals surface area contributed by atoms with Gasteiger partial charge in [0, 0.05) is 25.5 Å². The lowest BCUT2D eigenvalue weighted by Gasteiger charge is -2.06. The molecule has 24 heavy (non-hydrogen) atoms. The van der Waals surface area contributed by atoms with Crippen LogP contribution < -0.4 is 5.32 Å². The third-order valence-electron chi connectivity index (χ3n) is 4.11. The molecule has 0 aliphatic rings. The Morgan fingerprint density at radius 1 is 1.29 bits per heavy atom. The molecule has 2 heterocycles. The van der Waals surface area contributed by atoms with E-state index in [1.807, 2.05) is 29.1 Å². The van der Waals surface area contributed by atoms with Crippen LogP contribution in [0.15, 0.2) is 36.5 Å². The van der Waals surface area contributed by atoms with E-state index in [9.17, 15) is 4.79 Å². The van der Waals surface area contributed by atoms with Crippen LogP contribution in [0.4, 0.5) is 0 Å². The maximum Gasteiger partial charge on any atom is 0.269 e. The number of benzene rings is 1. The van der Waals surface area contributed by atoms with Crippen LogP contribution in [0.1, 0.15) is 42.4 Å². The van der Waals surface area contributed by atoms with Crippen LogP contribution in [0.3, 0.4) is 0 Å². The summed E-state index contributed by atoms with van der Waals surface area (Å²) in [5.74, 6) is 0.230. The average Bonchev–Trinajstić information content (AvgIpc) is 3.15. The molecular formula is C18H23N5O. The van der Waals surface area contributed by atoms with Gasteiger partial charge in [-0.25, -0.2) is 0 Å². The molecule has 0 atom stereocenters. The molecule has 0 aliphatic heterocycles. The van der Waals surface area contributed by atoms with Crippen LogP contribution in [-0.2, 0) is 13.6 Å². The minimum atomic E-state index is -0.0813. The minimum absolute atomic E-state index is 0.0813. The van der Waals surface area contributed by atoms with Crippen molar-refractivity contribution >= 4 is 16.8 Å². The number of nitrogens with one attached hydrogen (secondary N) is 1. The van der Waals surface area contributed by atoms with Crippen LogP contribution in [0.25, 0.3) is 10.9 Å². The van der Waals surface area contributed by atoms with Gasteiger partial charge in [0.2, 0.25) is 0 Å². The highest BCUT2D eigenvalue weighted by molar-refractivity contribution is 5.92. The van der Waals surface area contributed by atoms with Crippen LogP contribution in [0.2, 0.25) is 0 Å². The van der Waals surface area contributed by atoms with Crippen molar-refractivity contribution in [3.63, 3.8) is 0 Å². The summed E-state index contributed by atoms with van der Waals surface area (Å²) in [6.45, 7) is 5.52. The van der Waals surface area contributed by atoms with Crippen molar-refractivity contribution in [1.29, 1.82) is 0 Å². The molecule has 3 aromatic rings. The summed E-state index contributed by atoms with van der Waals surface area (Å²) in [6.07, 6.45) is 2.70. The number of carbonyl (C=O) groups is 1. The first-order chi connectivity index (χ1) is 11.6. The molecule has 3 rings (SSSR count). The Hall–Kier alpha value is -2.63. The summed E-state index contributed by atoms with van der Waals surface area (Å²) < 4.78 is 3.62. The van der Waals surface area contributed by atoms with Gasteiger partial charge in [0.1, 0.15) is 5.69 Å². The number of carbonyl (C=O) groups excluding carboxylic acids is 1. The summed E-state index contributed by atoms with van der Waals surface area (Å²) in [7, 11) is 1.80. The standard InChI is InChI=1S/C18H23N5O/c1-13(2)15-11-17(22(3)21-15)18(24)19-9-6-10-23-16-8-5-4-7-14(16)12-20-23/h4-5,7-8,11-13H,6,9-10H2,1-3H3,(H,19,24). The number of aromatic nitrogens is 4. The summed E-state index contributed by atoms with van der Waals surface area (Å²) >= 11 is 0. The fraction of sp³-hybridized carbons (Fsp3) is 0.389. The Kier molecular flexibility index (Phi) is 4.64. The fourth-order valence-electron chi connectivity index (χ4n) is 2.71. The number of para-hydroxylation sites is 1. The van der Waals surface area contributed by atoms with E-state index in [1.54, 1.807) is 11.7 Å². The van der Waals surface area contributed by atoms with Crippen molar-refractivity contribution in [2.45, 2.75) is 32.7 Å². The Morgan fingerprint density at radius 2 is 2.08 bits per heavy atom. The quantitative estimate of drug-likeness (QED) is 0.709. The molecular weight excluding hydrogens is 302 g/mol. The highest BCUT2D eigenvalue weighted by Crippen LogP contribution is 2.14. The van der Waals surface area contributed by atoms with E-state index < -0.39 is 0 Å². The molecule has 0 saturated heterocycles. The monoisotopic (exact) mass is 325 g/mol. The van der Waals surface area contributed by atoms with Gasteiger partial charge >= 0.3 is 0 Å². The molecule has 0 saturated carbocycles. The van der Waals surface area contributed by atoms with Gasteiger partial charge in [0.15, 0.2) is 0 Å². The van der Waals surface area contributed by atoms with Crippen LogP contribution in [0.5, 0.6) is 0 Å². The Balaban J connectivity index is 1.54. The second-order valence-electron chi connectivity index (χ2n) is 6.27. The predicted octanol–water partition coefficient (Wildman–Crippen LogP) is 2.71. The molecule has 6 heteroatoms. The van der Waals surface area contributed by atoms with Gasteiger partial charge in [0.25, 0.3) is 5.91 Å². The number of amides is 1. The Bertz CT molecular complexity index is 846. The maximum atomic E-state index is 12.3. The first kappa shape index (κ1) is 16.2. The van der Waals surface area contributed by atoms with E-state index in [1.165, 1.54) is 0 Å². The summed E-state index contributed by atoms with van der Waals surface area (Å²) in [5, 5.41) is 12.9. The van der Waals surface area contributed by atoms with Crippen molar-refractivity contribution in [2.75, 3.05) is 6.54 Å². The lowest BCUT2D eigenvalue weighted by Crippen LogP contribution is -2.27. The first-order valence-electron chi connectivity index (χ1n) is 8.29. The number of hydrogen-bond acceptors (Lipinski definition) is 3. The topological polar surface area (TPSA) is 64.7 Å². The van der Waals surface area contributed by atoms with Crippen molar-refractivity contribution in [1.82, 2.24) is 24.9 Å². The minimum Gasteiger partial charge on any atom is -0.351 e. The molecule has 0 bridgehead atoms. The van der Waals surface area contributed by atoms with Crippen molar-refractivity contribution in [3.05, 3.63) is 47.9 Å². The molecule has 1 aromatic carbocycles. The number of rotatable bonds is 6. The van der Waals surface area contributed by atoms with Crippen molar-refractivity contribution in [3.8, 4) is 0 Å². The molecule has 0 radical (unpaired) electrons. The van der Waals surface area contributed by atoms with E-state index in [2.05, 4.69) is 41.5 Å². The number of hydrogen-bond donors (Lipinski definition) is 1. The first-order valence-corrected chi connectivity index (χ1v) is 8.29. The van der Waals surface area contributed by atoms with Gasteiger partial charge in [-0.3, -0.25) is 14.2 Å². The normalized spacial score (nSPS) is 11.3. The van der Waals surface area contributed by atoms with Crippen molar-refractivity contribution in [2.24, 2.45) is 7.05 Å². The molecule has 0 unspecified atom stereocenters. The van der Waals surface area contributed by atoms with E-state index in [4.69, 9.17) is 0 Å². The van der Waals surface area contributed by atoms with Gasteiger partial charge < -0.3 is 5.32 Å². The zero-order valence-electron chi connectivity index (χ0n) is 14.4. The van der Waals surface area contributed by atoms with Gasteiger partial charge in [-0.15, -0.1) is 0 Å². The SMILES string of the molecule is CC(C)c1cc(C(=O)NCCCn2ncc3ccccc32)n(C)n1. The van der Waals surface area contributed by atoms with Crippen molar-refractivity contribution < 1.29 is 4.79 Å². The molecule has 6 nitrogen and oxygen atoms in total. The zero-order chi connectivity index (χ0) is 17.1. The lowest BCUT2D eigenvalue weighted by molar-refractivity contribution is 0.0943. The van der Waals surface area contributed by atoms with E-state index >= 15 is 0 Å². The second kappa shape index (κ2) is 6.86. The molecule has 1 amide bonds. The highest BCUT2D eigenvalue weighted by Gasteiger charge is 2.14. The molecule has 0 aliphatic carbocycles. The van der Waals surface area contributed by atoms with Crippen LogP contribution in [0, 0.1) is 0 Å². The third-order valence-corrected chi connectivity index (χ3v) is 4.11. The zero-order valence-corrected chi connectivity index (χ0v) is 14.4. The van der Waals surface area contributed by atoms with Gasteiger partial charge in [-0.05, 0) is 24.5 Å². The smallest absolute Gasteiger partial charge is 0.269 e. The summed E-state index contributed by atoms with van der Waals surface area (Å²) in [5.41, 5.74) is 2.66. The predicted molar refractivity (Wildman–Crippen MR) is 94.0 cm³/mol. The fourth-order valence-corrected chi connectivity index (χ4v) is 2.71. The molecule has 2 aromatic heterocycles. The lowest BCUT2D eigenvalue weighted by atomic mass is 10.1. The van der Waals surface area contributed by atoms with E-state index in [0.717, 1.165) is 29.6 Å². The maximum absolute atomic E-state index is 12.3. The highest BCUT2D eigenvalue weighted by atomic mass is 16.2. The Labute approximate surface area is 141 Å². The van der Waals surface area contributed by atoms with E-state index in [0.29, 0.717) is 18.2 Å². The molecule has 0 spiro atoms. The van der Waals surface area contributed by atoms with Gasteiger partial charge in [-0.1, -0.05) is 32.0 Å². The van der Waals surface area contributed by atoms with Crippen LogP contribution >= 0.6 is 0 Å². The summed E-state index contributed by atoms with van der Waals surface area (Å²) in [4.78, 5) is 12.3. The molecule has 1 N–H and O–H groups in total. The number of nitrogens with zero attached hydrogens (tertiary/aromatic N) is 4. The van der Waals surface area contributed by atoms with Gasteiger partial charge in [0.05, 0.1) is 17.4 Å². The van der Waals surface area contributed by atoms with Crippen LogP contribution in [-0.4, -0.2) is 32.0 Å². The average molecular weight is 325 g/mol. The van der Waals surface area contributed by atoms with E-state index in [-0.39, 0.29) is 5.91 Å². The number of aryl methyl sites for hydroxylation is 2. The third kappa shape index (κ3) is 3.32. The molecule has 0 fully saturated rings.